The third-order valence-corrected chi connectivity index (χ3v) is 9.62. The minimum atomic E-state index is -4.31. The molecule has 1 heterocycles. The van der Waals surface area contributed by atoms with Crippen molar-refractivity contribution in [1.82, 2.24) is 15.6 Å². The smallest absolute Gasteiger partial charge is 0.408 e. The van der Waals surface area contributed by atoms with E-state index in [-0.39, 0.29) is 25.9 Å². The molecule has 45 heavy (non-hydrogen) atoms. The fraction of sp³-hybridized carbons (Fsp3) is 0.265. The third-order valence-electron chi connectivity index (χ3n) is 7.37. The summed E-state index contributed by atoms with van der Waals surface area (Å²) in [4.78, 5) is 53.5. The lowest BCUT2D eigenvalue weighted by Crippen LogP contribution is -2.46. The molecule has 3 unspecified atom stereocenters. The van der Waals surface area contributed by atoms with Crippen molar-refractivity contribution >= 4 is 36.2 Å². The van der Waals surface area contributed by atoms with Gasteiger partial charge in [0.15, 0.2) is 0 Å². The van der Waals surface area contributed by atoms with E-state index < -0.39 is 49.2 Å². The van der Waals surface area contributed by atoms with Gasteiger partial charge >= 0.3 is 12.1 Å². The van der Waals surface area contributed by atoms with Gasteiger partial charge in [-0.15, -0.1) is 12.3 Å². The van der Waals surface area contributed by atoms with Crippen LogP contribution in [0.3, 0.4) is 0 Å². The van der Waals surface area contributed by atoms with Gasteiger partial charge in [-0.25, -0.2) is 9.59 Å². The quantitative estimate of drug-likeness (QED) is 0.0893. The number of rotatable bonds is 14. The molecule has 0 saturated heterocycles. The van der Waals surface area contributed by atoms with Crippen molar-refractivity contribution < 1.29 is 33.3 Å². The van der Waals surface area contributed by atoms with Crippen molar-refractivity contribution in [2.24, 2.45) is 5.92 Å². The predicted molar refractivity (Wildman–Crippen MR) is 171 cm³/mol. The summed E-state index contributed by atoms with van der Waals surface area (Å²) in [6.07, 6.45) is 5.85. The molecule has 0 saturated carbocycles. The van der Waals surface area contributed by atoms with Gasteiger partial charge in [0, 0.05) is 42.5 Å². The minimum Gasteiger partial charge on any atom is -0.467 e. The largest absolute Gasteiger partial charge is 0.467 e. The topological polar surface area (TPSA) is 147 Å². The van der Waals surface area contributed by atoms with Crippen LogP contribution in [0.2, 0.25) is 0 Å². The van der Waals surface area contributed by atoms with E-state index >= 15 is 0 Å². The van der Waals surface area contributed by atoms with Crippen LogP contribution >= 0.6 is 7.37 Å². The molecule has 0 aliphatic carbocycles. The number of aromatic amines is 1. The van der Waals surface area contributed by atoms with Crippen LogP contribution in [0.15, 0.2) is 91.1 Å². The summed E-state index contributed by atoms with van der Waals surface area (Å²) in [7, 11) is -3.09. The highest BCUT2D eigenvalue weighted by molar-refractivity contribution is 7.58. The van der Waals surface area contributed by atoms with E-state index in [1.807, 2.05) is 30.3 Å². The molecule has 10 nitrogen and oxygen atoms in total. The molecule has 0 spiro atoms. The van der Waals surface area contributed by atoms with E-state index in [2.05, 4.69) is 21.5 Å². The first kappa shape index (κ1) is 33.1. The fourth-order valence-corrected chi connectivity index (χ4v) is 6.99. The Labute approximate surface area is 262 Å². The monoisotopic (exact) mass is 629 g/mol. The Hall–Kier alpha value is -4.84. The minimum absolute atomic E-state index is 0.00476. The molecule has 4 rings (SSSR count). The highest BCUT2D eigenvalue weighted by atomic mass is 31.2. The van der Waals surface area contributed by atoms with Crippen molar-refractivity contribution in [1.29, 1.82) is 0 Å². The molecule has 11 heteroatoms. The lowest BCUT2D eigenvalue weighted by atomic mass is 10.0. The maximum atomic E-state index is 13.9. The van der Waals surface area contributed by atoms with E-state index in [0.29, 0.717) is 5.56 Å². The first-order valence-electron chi connectivity index (χ1n) is 14.4. The molecule has 3 aromatic carbocycles. The van der Waals surface area contributed by atoms with E-state index in [4.69, 9.17) is 15.9 Å². The molecule has 1 aromatic heterocycles. The number of nitrogens with one attached hydrogen (secondary N) is 3. The molecule has 0 radical (unpaired) electrons. The molecule has 0 aliphatic rings. The lowest BCUT2D eigenvalue weighted by Gasteiger charge is -2.27. The Morgan fingerprint density at radius 1 is 0.933 bits per heavy atom. The van der Waals surface area contributed by atoms with E-state index in [1.165, 1.54) is 7.11 Å². The lowest BCUT2D eigenvalue weighted by molar-refractivity contribution is -0.145. The number of H-pyrrole nitrogens is 1. The normalized spacial score (nSPS) is 14.2. The zero-order valence-electron chi connectivity index (χ0n) is 24.8. The van der Waals surface area contributed by atoms with Crippen LogP contribution in [0.5, 0.6) is 0 Å². The summed E-state index contributed by atoms with van der Waals surface area (Å²) in [6, 6.07) is 24.4. The zero-order chi connectivity index (χ0) is 32.2. The van der Waals surface area contributed by atoms with Gasteiger partial charge in [-0.1, -0.05) is 78.9 Å². The second-order valence-electron chi connectivity index (χ2n) is 10.6. The van der Waals surface area contributed by atoms with E-state index in [9.17, 15) is 23.8 Å². The SMILES string of the molecule is C#CCC(CP(=O)(O)C(Cc1ccccc1)NC(=O)OCc1ccccc1)C(=O)N[C@@H](Cc1c[nH]c2ccccc12)C(=O)OC. The number of fused-ring (bicyclic) bond motifs is 1. The number of methoxy groups -OCH3 is 1. The van der Waals surface area contributed by atoms with Crippen LogP contribution in [0.4, 0.5) is 4.79 Å². The van der Waals surface area contributed by atoms with Crippen molar-refractivity contribution in [3.05, 3.63) is 108 Å². The van der Waals surface area contributed by atoms with Gasteiger partial charge in [-0.2, -0.15) is 0 Å². The molecule has 234 valence electrons. The summed E-state index contributed by atoms with van der Waals surface area (Å²) in [5, 5.41) is 6.10. The number of alkyl carbamates (subject to hydrolysis) is 1. The highest BCUT2D eigenvalue weighted by Gasteiger charge is 2.38. The summed E-state index contributed by atoms with van der Waals surface area (Å²) in [5.41, 5.74) is 3.09. The number of ether oxygens (including phenoxy) is 2. The fourth-order valence-electron chi connectivity index (χ4n) is 5.00. The summed E-state index contributed by atoms with van der Waals surface area (Å²) in [5.74, 6) is -1.37. The Balaban J connectivity index is 1.50. The second kappa shape index (κ2) is 15.8. The van der Waals surface area contributed by atoms with Crippen LogP contribution in [0.25, 0.3) is 10.9 Å². The molecule has 0 fully saturated rings. The van der Waals surface area contributed by atoms with E-state index in [0.717, 1.165) is 22.0 Å². The van der Waals surface area contributed by atoms with Gasteiger partial charge in [0.25, 0.3) is 0 Å². The average Bonchev–Trinajstić information content (AvgIpc) is 3.46. The Morgan fingerprint density at radius 3 is 2.24 bits per heavy atom. The number of amides is 2. The molecule has 4 N–H and O–H groups in total. The van der Waals surface area contributed by atoms with Crippen molar-refractivity contribution in [2.45, 2.75) is 37.7 Å². The number of esters is 1. The average molecular weight is 630 g/mol. The van der Waals surface area contributed by atoms with Crippen LogP contribution in [-0.2, 0) is 43.1 Å². The van der Waals surface area contributed by atoms with Gasteiger partial charge in [0.2, 0.25) is 13.3 Å². The first-order valence-corrected chi connectivity index (χ1v) is 16.3. The van der Waals surface area contributed by atoms with Gasteiger partial charge in [0.05, 0.1) is 13.0 Å². The standard InChI is InChI=1S/C34H36N3O7P/c1-3-12-26(32(38)36-30(33(39)43-2)20-27-21-35-29-18-11-10-17-28(27)29)23-45(41,42)31(19-24-13-6-4-7-14-24)37-34(40)44-22-25-15-8-5-9-16-25/h1,4-11,13-18,21,26,30-31,35H,12,19-20,22-23H2,2H3,(H,36,38)(H,37,40)(H,41,42)/t26?,30-,31?/m0/s1. The van der Waals surface area contributed by atoms with Gasteiger partial charge in [0.1, 0.15) is 18.4 Å². The Kier molecular flexibility index (Phi) is 11.6. The predicted octanol–water partition coefficient (Wildman–Crippen LogP) is 4.77. The summed E-state index contributed by atoms with van der Waals surface area (Å²) < 4.78 is 24.2. The number of para-hydroxylation sites is 1. The second-order valence-corrected chi connectivity index (χ2v) is 13.1. The van der Waals surface area contributed by atoms with Crippen molar-refractivity contribution in [2.75, 3.05) is 13.3 Å². The van der Waals surface area contributed by atoms with E-state index in [1.54, 1.807) is 60.8 Å². The maximum absolute atomic E-state index is 13.9. The maximum Gasteiger partial charge on any atom is 0.408 e. The molecule has 4 atom stereocenters. The van der Waals surface area contributed by atoms with Crippen molar-refractivity contribution in [3.63, 3.8) is 0 Å². The zero-order valence-corrected chi connectivity index (χ0v) is 25.7. The molecule has 0 bridgehead atoms. The number of terminal acetylenes is 1. The van der Waals surface area contributed by atoms with Crippen LogP contribution < -0.4 is 10.6 Å². The Morgan fingerprint density at radius 2 is 1.58 bits per heavy atom. The number of benzene rings is 3. The van der Waals surface area contributed by atoms with Crippen molar-refractivity contribution in [3.8, 4) is 12.3 Å². The van der Waals surface area contributed by atoms with Gasteiger partial charge in [-0.3, -0.25) is 9.36 Å². The number of hydrogen-bond donors (Lipinski definition) is 4. The van der Waals surface area contributed by atoms with Gasteiger partial charge in [-0.05, 0) is 22.8 Å². The molecule has 4 aromatic rings. The van der Waals surface area contributed by atoms with Gasteiger partial charge < -0.3 is 30.0 Å². The highest BCUT2D eigenvalue weighted by Crippen LogP contribution is 2.48. The molecular formula is C34H36N3O7P. The molecule has 0 aliphatic heterocycles. The Bertz CT molecular complexity index is 1680. The summed E-state index contributed by atoms with van der Waals surface area (Å²) >= 11 is 0. The number of carbonyl (C=O) groups is 3. The molecular weight excluding hydrogens is 593 g/mol. The first-order chi connectivity index (χ1) is 21.7. The summed E-state index contributed by atoms with van der Waals surface area (Å²) in [6.45, 7) is -0.0338. The number of aromatic nitrogens is 1. The van der Waals surface area contributed by atoms with Crippen LogP contribution in [0, 0.1) is 18.3 Å². The van der Waals surface area contributed by atoms with Crippen LogP contribution in [0.1, 0.15) is 23.1 Å². The third kappa shape index (κ3) is 9.32. The number of hydrogen-bond acceptors (Lipinski definition) is 6. The molecule has 2 amide bonds. The van der Waals surface area contributed by atoms with Crippen LogP contribution in [-0.4, -0.2) is 52.9 Å². The number of carbonyl (C=O) groups excluding carboxylic acids is 3.